The maximum atomic E-state index is 14.0. The van der Waals surface area contributed by atoms with Gasteiger partial charge < -0.3 is 0 Å². The second kappa shape index (κ2) is 5.78. The van der Waals surface area contributed by atoms with E-state index in [-0.39, 0.29) is 11.3 Å². The molecule has 0 saturated heterocycles. The van der Waals surface area contributed by atoms with Crippen molar-refractivity contribution in [3.05, 3.63) is 69.8 Å². The number of imidazole rings is 1. The van der Waals surface area contributed by atoms with Crippen LogP contribution >= 0.6 is 27.5 Å². The maximum absolute atomic E-state index is 14.0. The topological polar surface area (TPSA) is 17.8 Å². The standard InChI is InChI=1S/C15H7BrClF3N2/c16-15-21-7-13(14-11(19)5-9(18)6-12(14)20)22(15)10-3-1-8(17)2-4-10/h1-7H. The summed E-state index contributed by atoms with van der Waals surface area (Å²) in [6.45, 7) is 0. The largest absolute Gasteiger partial charge is 0.287 e. The number of nitrogens with zero attached hydrogens (tertiary/aromatic N) is 2. The molecule has 0 amide bonds. The lowest BCUT2D eigenvalue weighted by Gasteiger charge is -2.11. The summed E-state index contributed by atoms with van der Waals surface area (Å²) < 4.78 is 42.9. The van der Waals surface area contributed by atoms with E-state index in [1.807, 2.05) is 0 Å². The molecule has 0 bridgehead atoms. The van der Waals surface area contributed by atoms with Gasteiger partial charge in [-0.05, 0) is 40.2 Å². The lowest BCUT2D eigenvalue weighted by atomic mass is 10.1. The molecule has 0 radical (unpaired) electrons. The van der Waals surface area contributed by atoms with Crippen LogP contribution in [-0.4, -0.2) is 9.55 Å². The summed E-state index contributed by atoms with van der Waals surface area (Å²) in [6, 6.07) is 7.90. The van der Waals surface area contributed by atoms with Crippen molar-refractivity contribution in [3.8, 4) is 16.9 Å². The van der Waals surface area contributed by atoms with E-state index in [2.05, 4.69) is 20.9 Å². The van der Waals surface area contributed by atoms with Crippen LogP contribution in [-0.2, 0) is 0 Å². The van der Waals surface area contributed by atoms with Gasteiger partial charge in [-0.25, -0.2) is 18.2 Å². The number of rotatable bonds is 2. The third-order valence-corrected chi connectivity index (χ3v) is 3.88. The normalized spacial score (nSPS) is 11.0. The molecule has 0 spiro atoms. The molecule has 0 saturated carbocycles. The van der Waals surface area contributed by atoms with Crippen LogP contribution in [0.25, 0.3) is 16.9 Å². The molecule has 2 aromatic carbocycles. The minimum atomic E-state index is -1.000. The van der Waals surface area contributed by atoms with E-state index >= 15 is 0 Å². The van der Waals surface area contributed by atoms with Crippen LogP contribution in [0, 0.1) is 17.5 Å². The van der Waals surface area contributed by atoms with E-state index in [1.165, 1.54) is 10.8 Å². The Hall–Kier alpha value is -1.79. The third kappa shape index (κ3) is 2.64. The Morgan fingerprint density at radius 1 is 1.00 bits per heavy atom. The van der Waals surface area contributed by atoms with Gasteiger partial charge in [0.05, 0.1) is 17.5 Å². The molecule has 7 heteroatoms. The zero-order chi connectivity index (χ0) is 15.9. The number of halogens is 5. The van der Waals surface area contributed by atoms with Crippen LogP contribution in [0.1, 0.15) is 0 Å². The highest BCUT2D eigenvalue weighted by atomic mass is 79.9. The average Bonchev–Trinajstić information content (AvgIpc) is 2.80. The molecule has 0 N–H and O–H groups in total. The second-order valence-electron chi connectivity index (χ2n) is 4.47. The van der Waals surface area contributed by atoms with Crippen LogP contribution in [0.15, 0.2) is 47.3 Å². The first kappa shape index (κ1) is 15.1. The van der Waals surface area contributed by atoms with E-state index in [0.717, 1.165) is 0 Å². The minimum Gasteiger partial charge on any atom is -0.287 e. The molecule has 1 heterocycles. The summed E-state index contributed by atoms with van der Waals surface area (Å²) >= 11 is 9.07. The summed E-state index contributed by atoms with van der Waals surface area (Å²) in [6.07, 6.45) is 1.30. The first-order chi connectivity index (χ1) is 10.5. The summed E-state index contributed by atoms with van der Waals surface area (Å²) in [5, 5.41) is 0.528. The Balaban J connectivity index is 2.24. The Labute approximate surface area is 137 Å². The molecule has 2 nitrogen and oxygen atoms in total. The van der Waals surface area contributed by atoms with E-state index in [4.69, 9.17) is 11.6 Å². The SMILES string of the molecule is Fc1cc(F)c(-c2cnc(Br)n2-c2ccc(Cl)cc2)c(F)c1. The highest BCUT2D eigenvalue weighted by Crippen LogP contribution is 2.32. The molecule has 22 heavy (non-hydrogen) atoms. The molecular formula is C15H7BrClF3N2. The minimum absolute atomic E-state index is 0.157. The monoisotopic (exact) mass is 386 g/mol. The number of hydrogen-bond acceptors (Lipinski definition) is 1. The predicted octanol–water partition coefficient (Wildman–Crippen LogP) is 5.37. The van der Waals surface area contributed by atoms with Gasteiger partial charge in [0.25, 0.3) is 0 Å². The van der Waals surface area contributed by atoms with Gasteiger partial charge in [0.1, 0.15) is 17.5 Å². The van der Waals surface area contributed by atoms with Crippen LogP contribution in [0.5, 0.6) is 0 Å². The van der Waals surface area contributed by atoms with Crippen LogP contribution in [0.3, 0.4) is 0 Å². The Morgan fingerprint density at radius 3 is 2.18 bits per heavy atom. The molecule has 0 fully saturated rings. The maximum Gasteiger partial charge on any atom is 0.182 e. The smallest absolute Gasteiger partial charge is 0.182 e. The van der Waals surface area contributed by atoms with Gasteiger partial charge in [0.15, 0.2) is 4.73 Å². The van der Waals surface area contributed by atoms with Gasteiger partial charge in [-0.3, -0.25) is 4.57 Å². The number of benzene rings is 2. The third-order valence-electron chi connectivity index (χ3n) is 3.07. The fraction of sp³-hybridized carbons (Fsp3) is 0. The van der Waals surface area contributed by atoms with E-state index < -0.39 is 17.5 Å². The zero-order valence-electron chi connectivity index (χ0n) is 10.8. The van der Waals surface area contributed by atoms with E-state index in [1.54, 1.807) is 24.3 Å². The predicted molar refractivity (Wildman–Crippen MR) is 81.6 cm³/mol. The Bertz CT molecular complexity index is 823. The van der Waals surface area contributed by atoms with Crippen molar-refractivity contribution in [2.24, 2.45) is 0 Å². The molecule has 112 valence electrons. The number of aromatic nitrogens is 2. The van der Waals surface area contributed by atoms with Gasteiger partial charge >= 0.3 is 0 Å². The molecule has 3 rings (SSSR count). The lowest BCUT2D eigenvalue weighted by molar-refractivity contribution is 0.547. The van der Waals surface area contributed by atoms with Crippen molar-refractivity contribution in [1.82, 2.24) is 9.55 Å². The summed E-state index contributed by atoms with van der Waals surface area (Å²) in [4.78, 5) is 4.02. The molecular weight excluding hydrogens is 381 g/mol. The van der Waals surface area contributed by atoms with Crippen molar-refractivity contribution in [1.29, 1.82) is 0 Å². The average molecular weight is 388 g/mol. The Kier molecular flexibility index (Phi) is 3.97. The zero-order valence-corrected chi connectivity index (χ0v) is 13.2. The molecule has 0 atom stereocenters. The Morgan fingerprint density at radius 2 is 1.59 bits per heavy atom. The van der Waals surface area contributed by atoms with Gasteiger partial charge in [-0.2, -0.15) is 0 Å². The second-order valence-corrected chi connectivity index (χ2v) is 5.61. The molecule has 0 aliphatic heterocycles. The molecule has 0 aliphatic carbocycles. The van der Waals surface area contributed by atoms with Gasteiger partial charge in [0, 0.05) is 22.8 Å². The molecule has 1 aromatic heterocycles. The van der Waals surface area contributed by atoms with Crippen LogP contribution < -0.4 is 0 Å². The van der Waals surface area contributed by atoms with Crippen molar-refractivity contribution in [2.45, 2.75) is 0 Å². The van der Waals surface area contributed by atoms with Crippen LogP contribution in [0.2, 0.25) is 5.02 Å². The van der Waals surface area contributed by atoms with Crippen molar-refractivity contribution in [2.75, 3.05) is 0 Å². The summed E-state index contributed by atoms with van der Waals surface area (Å²) in [5.74, 6) is -2.98. The van der Waals surface area contributed by atoms with Crippen molar-refractivity contribution in [3.63, 3.8) is 0 Å². The van der Waals surface area contributed by atoms with Gasteiger partial charge in [-0.1, -0.05) is 11.6 Å². The quantitative estimate of drug-likeness (QED) is 0.578. The van der Waals surface area contributed by atoms with Crippen LogP contribution in [0.4, 0.5) is 13.2 Å². The van der Waals surface area contributed by atoms with Crippen molar-refractivity contribution < 1.29 is 13.2 Å². The fourth-order valence-corrected chi connectivity index (χ4v) is 2.75. The highest BCUT2D eigenvalue weighted by Gasteiger charge is 2.20. The molecule has 0 aliphatic rings. The highest BCUT2D eigenvalue weighted by molar-refractivity contribution is 9.10. The molecule has 3 aromatic rings. The van der Waals surface area contributed by atoms with E-state index in [9.17, 15) is 13.2 Å². The van der Waals surface area contributed by atoms with Gasteiger partial charge in [0.2, 0.25) is 0 Å². The van der Waals surface area contributed by atoms with Gasteiger partial charge in [-0.15, -0.1) is 0 Å². The number of hydrogen-bond donors (Lipinski definition) is 0. The van der Waals surface area contributed by atoms with Crippen molar-refractivity contribution >= 4 is 27.5 Å². The van der Waals surface area contributed by atoms with E-state index in [0.29, 0.717) is 27.6 Å². The lowest BCUT2D eigenvalue weighted by Crippen LogP contribution is -2.01. The summed E-state index contributed by atoms with van der Waals surface area (Å²) in [7, 11) is 0. The fourth-order valence-electron chi connectivity index (χ4n) is 2.13. The first-order valence-corrected chi connectivity index (χ1v) is 7.28. The summed E-state index contributed by atoms with van der Waals surface area (Å²) in [5.41, 5.74) is 0.408. The molecule has 0 unspecified atom stereocenters. The first-order valence-electron chi connectivity index (χ1n) is 6.11.